The normalized spacial score (nSPS) is 11.8. The Labute approximate surface area is 209 Å². The van der Waals surface area contributed by atoms with Gasteiger partial charge in [-0.2, -0.15) is 13.9 Å². The van der Waals surface area contributed by atoms with Crippen molar-refractivity contribution in [1.29, 1.82) is 0 Å². The smallest absolute Gasteiger partial charge is 0.302 e. The molecule has 0 bridgehead atoms. The van der Waals surface area contributed by atoms with Crippen LogP contribution < -0.4 is 14.8 Å². The Morgan fingerprint density at radius 1 is 1.14 bits per heavy atom. The first-order valence-corrected chi connectivity index (χ1v) is 11.5. The molecule has 1 atom stereocenters. The number of hydrogen-bond donors (Lipinski definition) is 2. The monoisotopic (exact) mass is 514 g/mol. The zero-order valence-electron chi connectivity index (χ0n) is 19.2. The lowest BCUT2D eigenvalue weighted by Crippen LogP contribution is -2.06. The average molecular weight is 515 g/mol. The molecule has 2 aromatic carbocycles. The van der Waals surface area contributed by atoms with Crippen molar-refractivity contribution in [2.75, 3.05) is 10.0 Å². The molecular formula is C24H21F3N6O2S. The number of anilines is 3. The Balaban J connectivity index is 1.71. The first-order valence-electron chi connectivity index (χ1n) is 10.7. The van der Waals surface area contributed by atoms with Crippen LogP contribution in [0.25, 0.3) is 11.3 Å². The summed E-state index contributed by atoms with van der Waals surface area (Å²) in [5.41, 5.74) is 2.31. The largest absolute Gasteiger partial charge is 0.484 e. The van der Waals surface area contributed by atoms with E-state index in [1.165, 1.54) is 35.4 Å². The average Bonchev–Trinajstić information content (AvgIpc) is 3.18. The third-order valence-corrected chi connectivity index (χ3v) is 5.68. The number of rotatable bonds is 10. The summed E-state index contributed by atoms with van der Waals surface area (Å²) in [7, 11) is 1.67. The first-order chi connectivity index (χ1) is 17.4. The summed E-state index contributed by atoms with van der Waals surface area (Å²) in [6, 6.07) is 10.7. The molecule has 2 heterocycles. The number of aldehydes is 1. The lowest BCUT2D eigenvalue weighted by Gasteiger charge is -2.19. The molecule has 0 aliphatic rings. The highest BCUT2D eigenvalue weighted by Gasteiger charge is 2.21. The number of halogens is 3. The molecule has 2 N–H and O–H groups in total. The highest BCUT2D eigenvalue weighted by atomic mass is 32.2. The van der Waals surface area contributed by atoms with Gasteiger partial charge in [0, 0.05) is 37.0 Å². The Bertz CT molecular complexity index is 1340. The number of aryl methyl sites for hydroxylation is 1. The molecule has 12 heteroatoms. The molecular weight excluding hydrogens is 493 g/mol. The van der Waals surface area contributed by atoms with Crippen LogP contribution in [0.15, 0.2) is 61.1 Å². The van der Waals surface area contributed by atoms with Crippen LogP contribution in [0.2, 0.25) is 0 Å². The maximum atomic E-state index is 13.3. The summed E-state index contributed by atoms with van der Waals surface area (Å²) < 4.78 is 49.2. The second-order valence-corrected chi connectivity index (χ2v) is 8.37. The molecule has 0 amide bonds. The van der Waals surface area contributed by atoms with E-state index in [4.69, 9.17) is 4.74 Å². The first kappa shape index (κ1) is 25.0. The number of aromatic nitrogens is 4. The van der Waals surface area contributed by atoms with Crippen LogP contribution in [0.5, 0.6) is 5.75 Å². The van der Waals surface area contributed by atoms with Gasteiger partial charge in [-0.05, 0) is 36.8 Å². The van der Waals surface area contributed by atoms with Crippen molar-refractivity contribution in [3.05, 3.63) is 78.0 Å². The number of hydrogen-bond acceptors (Lipinski definition) is 8. The van der Waals surface area contributed by atoms with Crippen molar-refractivity contribution in [2.24, 2.45) is 7.05 Å². The topological polar surface area (TPSA) is 94.0 Å². The summed E-state index contributed by atoms with van der Waals surface area (Å²) in [5, 5.41) is 7.37. The molecule has 1 unspecified atom stereocenters. The molecule has 8 nitrogen and oxygen atoms in total. The van der Waals surface area contributed by atoms with E-state index < -0.39 is 11.9 Å². The molecule has 4 aromatic rings. The van der Waals surface area contributed by atoms with Gasteiger partial charge in [-0.1, -0.05) is 18.2 Å². The second kappa shape index (κ2) is 11.1. The number of carbonyl (C=O) groups is 1. The van der Waals surface area contributed by atoms with Crippen LogP contribution >= 0.6 is 11.9 Å². The van der Waals surface area contributed by atoms with E-state index in [-0.39, 0.29) is 34.9 Å². The molecule has 0 aliphatic heterocycles. The molecule has 186 valence electrons. The molecule has 0 aliphatic carbocycles. The minimum atomic E-state index is -2.65. The minimum Gasteiger partial charge on any atom is -0.484 e. The van der Waals surface area contributed by atoms with Crippen molar-refractivity contribution < 1.29 is 22.7 Å². The highest BCUT2D eigenvalue weighted by Crippen LogP contribution is 2.38. The summed E-state index contributed by atoms with van der Waals surface area (Å²) in [5.74, 6) is -2.09. The van der Waals surface area contributed by atoms with Crippen molar-refractivity contribution in [2.45, 2.75) is 18.8 Å². The maximum absolute atomic E-state index is 13.3. The van der Waals surface area contributed by atoms with Crippen LogP contribution in [0.1, 0.15) is 28.9 Å². The number of nitrogens with zero attached hydrogens (tertiary/aromatic N) is 4. The van der Waals surface area contributed by atoms with Gasteiger partial charge in [0.2, 0.25) is 0 Å². The molecule has 0 spiro atoms. The van der Waals surface area contributed by atoms with Crippen LogP contribution in [-0.4, -0.2) is 31.8 Å². The van der Waals surface area contributed by atoms with E-state index in [2.05, 4.69) is 25.1 Å². The van der Waals surface area contributed by atoms with Gasteiger partial charge in [0.25, 0.3) is 0 Å². The van der Waals surface area contributed by atoms with E-state index in [0.717, 1.165) is 0 Å². The SMILES string of the molecule is CC(Oc1cc(-c2c(C=O)c(Nc3cnccn3)nn2C)ccc1NSC(F)F)c1ccc(F)cc1. The van der Waals surface area contributed by atoms with Crippen LogP contribution in [0.4, 0.5) is 30.5 Å². The lowest BCUT2D eigenvalue weighted by molar-refractivity contribution is 0.112. The van der Waals surface area contributed by atoms with Crippen LogP contribution in [0, 0.1) is 5.82 Å². The van der Waals surface area contributed by atoms with Gasteiger partial charge in [-0.15, -0.1) is 0 Å². The van der Waals surface area contributed by atoms with Gasteiger partial charge < -0.3 is 14.8 Å². The molecule has 2 aromatic heterocycles. The van der Waals surface area contributed by atoms with Crippen LogP contribution in [-0.2, 0) is 7.05 Å². The summed E-state index contributed by atoms with van der Waals surface area (Å²) >= 11 is 0.232. The van der Waals surface area contributed by atoms with E-state index >= 15 is 0 Å². The quantitative estimate of drug-likeness (QED) is 0.197. The van der Waals surface area contributed by atoms with Gasteiger partial charge in [0.1, 0.15) is 23.5 Å². The number of alkyl halides is 2. The fraction of sp³-hybridized carbons (Fsp3) is 0.167. The fourth-order valence-electron chi connectivity index (χ4n) is 3.52. The Hall–Kier alpha value is -4.06. The second-order valence-electron chi connectivity index (χ2n) is 7.57. The predicted octanol–water partition coefficient (Wildman–Crippen LogP) is 6.00. The van der Waals surface area contributed by atoms with E-state index in [1.807, 2.05) is 0 Å². The summed E-state index contributed by atoms with van der Waals surface area (Å²) in [4.78, 5) is 20.2. The van der Waals surface area contributed by atoms with Crippen LogP contribution in [0.3, 0.4) is 0 Å². The molecule has 36 heavy (non-hydrogen) atoms. The van der Waals surface area contributed by atoms with E-state index in [9.17, 15) is 18.0 Å². The lowest BCUT2D eigenvalue weighted by atomic mass is 10.1. The predicted molar refractivity (Wildman–Crippen MR) is 132 cm³/mol. The van der Waals surface area contributed by atoms with Crippen molar-refractivity contribution >= 4 is 35.6 Å². The van der Waals surface area contributed by atoms with Gasteiger partial charge in [0.15, 0.2) is 12.1 Å². The zero-order valence-corrected chi connectivity index (χ0v) is 20.0. The number of nitrogens with one attached hydrogen (secondary N) is 2. The highest BCUT2D eigenvalue weighted by molar-refractivity contribution is 8.00. The Morgan fingerprint density at radius 3 is 2.58 bits per heavy atom. The number of benzene rings is 2. The van der Waals surface area contributed by atoms with Gasteiger partial charge in [0.05, 0.1) is 23.1 Å². The number of carbonyl (C=O) groups excluding carboxylic acids is 1. The Kier molecular flexibility index (Phi) is 7.74. The standard InChI is InChI=1S/C24H21F3N6O2S/c1-14(15-3-6-17(25)7-4-15)35-20-11-16(5-8-19(20)32-36-24(26)27)22-18(13-34)23(31-33(22)2)30-21-12-28-9-10-29-21/h3-14,24,32H,1-2H3,(H,29,30,31). The third kappa shape index (κ3) is 5.77. The fourth-order valence-corrected chi connectivity index (χ4v) is 3.91. The minimum absolute atomic E-state index is 0.232. The van der Waals surface area contributed by atoms with E-state index in [0.29, 0.717) is 34.6 Å². The van der Waals surface area contributed by atoms with Crippen molar-refractivity contribution in [3.8, 4) is 17.0 Å². The van der Waals surface area contributed by atoms with Crippen molar-refractivity contribution in [3.63, 3.8) is 0 Å². The Morgan fingerprint density at radius 2 is 1.92 bits per heavy atom. The molecule has 0 saturated carbocycles. The van der Waals surface area contributed by atoms with Gasteiger partial charge >= 0.3 is 5.76 Å². The maximum Gasteiger partial charge on any atom is 0.302 e. The molecule has 0 saturated heterocycles. The third-order valence-electron chi connectivity index (χ3n) is 5.17. The number of ether oxygens (including phenoxy) is 1. The summed E-state index contributed by atoms with van der Waals surface area (Å²) in [6.07, 6.45) is 4.66. The molecule has 4 rings (SSSR count). The zero-order chi connectivity index (χ0) is 25.7. The summed E-state index contributed by atoms with van der Waals surface area (Å²) in [6.45, 7) is 1.76. The van der Waals surface area contributed by atoms with Gasteiger partial charge in [-0.25, -0.2) is 9.37 Å². The van der Waals surface area contributed by atoms with Crippen molar-refractivity contribution in [1.82, 2.24) is 19.7 Å². The molecule has 0 radical (unpaired) electrons. The van der Waals surface area contributed by atoms with E-state index in [1.54, 1.807) is 44.3 Å². The van der Waals surface area contributed by atoms with Gasteiger partial charge in [-0.3, -0.25) is 14.5 Å². The molecule has 0 fully saturated rings.